The van der Waals surface area contributed by atoms with Crippen molar-refractivity contribution >= 4 is 81.3 Å². The summed E-state index contributed by atoms with van der Waals surface area (Å²) < 4.78 is 0. The van der Waals surface area contributed by atoms with E-state index < -0.39 is 14.6 Å². The van der Waals surface area contributed by atoms with Gasteiger partial charge in [0.15, 0.2) is 20.5 Å². The molecule has 0 atom stereocenters. The number of hydrogen-bond acceptors (Lipinski definition) is 3. The lowest BCUT2D eigenvalue weighted by molar-refractivity contribution is 0.460. The molecule has 9 heteroatoms. The lowest BCUT2D eigenvalue weighted by atomic mass is 10.5. The summed E-state index contributed by atoms with van der Waals surface area (Å²) in [7, 11) is 0. The van der Waals surface area contributed by atoms with Gasteiger partial charge in [0.2, 0.25) is 0 Å². The van der Waals surface area contributed by atoms with E-state index in [0.717, 1.165) is 0 Å². The Morgan fingerprint density at radius 3 is 2.00 bits per heavy atom. The van der Waals surface area contributed by atoms with Gasteiger partial charge in [0.25, 0.3) is 0 Å². The van der Waals surface area contributed by atoms with E-state index in [1.54, 1.807) is 0 Å². The van der Waals surface area contributed by atoms with Gasteiger partial charge in [-0.15, -0.1) is 0 Å². The fourth-order valence-corrected chi connectivity index (χ4v) is 1.80. The zero-order valence-electron chi connectivity index (χ0n) is 7.05. The van der Waals surface area contributed by atoms with Gasteiger partial charge in [-0.2, -0.15) is 0 Å². The maximum absolute atomic E-state index is 5.70. The molecule has 0 aromatic heterocycles. The highest BCUT2D eigenvalue weighted by Gasteiger charge is 2.27. The van der Waals surface area contributed by atoms with Crippen LogP contribution in [-0.2, 0) is 0 Å². The summed E-state index contributed by atoms with van der Waals surface area (Å²) in [5.74, 6) is 0.523. The van der Waals surface area contributed by atoms with Crippen LogP contribution in [0.4, 0.5) is 0 Å². The van der Waals surface area contributed by atoms with Crippen LogP contribution < -0.4 is 0 Å². The Morgan fingerprint density at radius 1 is 1.00 bits per heavy atom. The molecule has 0 N–H and O–H groups in total. The topological polar surface area (TPSA) is 28.0 Å². The molecule has 0 aromatic rings. The Labute approximate surface area is 117 Å². The van der Waals surface area contributed by atoms with Crippen molar-refractivity contribution in [2.45, 2.75) is 14.6 Å². The van der Waals surface area contributed by atoms with Gasteiger partial charge in [-0.05, 0) is 0 Å². The van der Waals surface area contributed by atoms with E-state index in [-0.39, 0.29) is 18.3 Å². The largest absolute Gasteiger partial charge is 0.309 e. The monoisotopic (exact) mass is 329 g/mol. The van der Waals surface area contributed by atoms with Crippen LogP contribution in [0.25, 0.3) is 0 Å². The molecule has 86 valence electrons. The maximum Gasteiger partial charge on any atom is 0.182 e. The minimum absolute atomic E-state index is 0.164. The summed E-state index contributed by atoms with van der Waals surface area (Å²) in [6.07, 6.45) is 0. The van der Waals surface area contributed by atoms with Crippen molar-refractivity contribution in [1.82, 2.24) is 4.90 Å². The van der Waals surface area contributed by atoms with E-state index in [0.29, 0.717) is 0 Å². The lowest BCUT2D eigenvalue weighted by Crippen LogP contribution is -2.42. The first-order valence-corrected chi connectivity index (χ1v) is 6.29. The highest BCUT2D eigenvalue weighted by atomic mass is 35.5. The normalized spacial score (nSPS) is 17.5. The zero-order chi connectivity index (χ0) is 11.6. The minimum atomic E-state index is -0.873. The van der Waals surface area contributed by atoms with Gasteiger partial charge in [0.1, 0.15) is 12.5 Å². The molecule has 0 spiro atoms. The van der Waals surface area contributed by atoms with Gasteiger partial charge in [-0.3, -0.25) is 0 Å². The third kappa shape index (κ3) is 3.69. The summed E-state index contributed by atoms with van der Waals surface area (Å²) in [5.41, 5.74) is 0. The molecular weight excluding hydrogens is 327 g/mol. The number of halogens is 6. The summed E-state index contributed by atoms with van der Waals surface area (Å²) in [5, 5.41) is 0. The molecule has 15 heavy (non-hydrogen) atoms. The molecule has 0 fully saturated rings. The van der Waals surface area contributed by atoms with E-state index in [4.69, 9.17) is 69.6 Å². The van der Waals surface area contributed by atoms with Crippen molar-refractivity contribution in [3.05, 3.63) is 0 Å². The predicted octanol–water partition coefficient (Wildman–Crippen LogP) is 3.43. The first-order valence-electron chi connectivity index (χ1n) is 3.67. The Morgan fingerprint density at radius 2 is 1.60 bits per heavy atom. The quantitative estimate of drug-likeness (QED) is 0.575. The van der Waals surface area contributed by atoms with Crippen LogP contribution in [0, 0.1) is 0 Å². The van der Waals surface area contributed by atoms with Crippen molar-refractivity contribution in [3.8, 4) is 0 Å². The number of alkyl halides is 6. The van der Waals surface area contributed by atoms with Gasteiger partial charge in [0.05, 0.1) is 0 Å². The second kappa shape index (κ2) is 5.99. The molecule has 1 aliphatic rings. The van der Waals surface area contributed by atoms with Gasteiger partial charge < -0.3 is 4.90 Å². The molecule has 0 radical (unpaired) electrons. The van der Waals surface area contributed by atoms with E-state index >= 15 is 0 Å². The van der Waals surface area contributed by atoms with E-state index in [1.807, 2.05) is 0 Å². The van der Waals surface area contributed by atoms with Crippen molar-refractivity contribution in [3.63, 3.8) is 0 Å². The van der Waals surface area contributed by atoms with Crippen molar-refractivity contribution in [2.24, 2.45) is 9.98 Å². The van der Waals surface area contributed by atoms with Crippen molar-refractivity contribution in [2.75, 3.05) is 6.67 Å². The highest BCUT2D eigenvalue weighted by molar-refractivity contribution is 6.57. The van der Waals surface area contributed by atoms with Crippen LogP contribution in [0.15, 0.2) is 9.98 Å². The van der Waals surface area contributed by atoms with Crippen LogP contribution in [0.1, 0.15) is 0 Å². The lowest BCUT2D eigenvalue weighted by Gasteiger charge is -2.29. The van der Waals surface area contributed by atoms with Gasteiger partial charge in [-0.25, -0.2) is 9.98 Å². The Balaban J connectivity index is 2.93. The molecule has 0 amide bonds. The number of hydrogen-bond donors (Lipinski definition) is 0. The molecule has 0 aliphatic carbocycles. The van der Waals surface area contributed by atoms with Gasteiger partial charge >= 0.3 is 0 Å². The highest BCUT2D eigenvalue weighted by Crippen LogP contribution is 2.21. The third-order valence-electron chi connectivity index (χ3n) is 1.53. The van der Waals surface area contributed by atoms with Crippen LogP contribution >= 0.6 is 69.6 Å². The fraction of sp³-hybridized carbons (Fsp3) is 0.667. The summed E-state index contributed by atoms with van der Waals surface area (Å²) in [6.45, 7) is 0.164. The SMILES string of the molecule is ClC(Cl)C1=NCN(C(Cl)Cl)C(C(Cl)Cl)=N1. The van der Waals surface area contributed by atoms with E-state index in [2.05, 4.69) is 9.98 Å². The standard InChI is InChI=1S/C6H5Cl6N3/c7-2(8)4-13-1-15(6(11)12)5(14-4)3(9)10/h2-3,6H,1H2. The predicted molar refractivity (Wildman–Crippen MR) is 68.1 cm³/mol. The summed E-state index contributed by atoms with van der Waals surface area (Å²) >= 11 is 34.0. The number of aliphatic imine (C=N–C) groups is 2. The third-order valence-corrected chi connectivity index (χ3v) is 2.79. The number of rotatable bonds is 3. The summed E-state index contributed by atoms with van der Waals surface area (Å²) in [6, 6.07) is 0. The Bertz CT molecular complexity index is 287. The average Bonchev–Trinajstić information content (AvgIpc) is 2.16. The van der Waals surface area contributed by atoms with Crippen LogP contribution in [0.3, 0.4) is 0 Å². The van der Waals surface area contributed by atoms with E-state index in [9.17, 15) is 0 Å². The molecule has 1 rings (SSSR count). The number of nitrogens with zero attached hydrogens (tertiary/aromatic N) is 3. The molecule has 0 saturated carbocycles. The van der Waals surface area contributed by atoms with Crippen LogP contribution in [0.2, 0.25) is 0 Å². The van der Waals surface area contributed by atoms with Crippen LogP contribution in [0.5, 0.6) is 0 Å². The van der Waals surface area contributed by atoms with Crippen molar-refractivity contribution < 1.29 is 0 Å². The maximum atomic E-state index is 5.70. The van der Waals surface area contributed by atoms with Gasteiger partial charge in [0, 0.05) is 0 Å². The molecule has 0 bridgehead atoms. The molecule has 1 heterocycles. The van der Waals surface area contributed by atoms with Crippen molar-refractivity contribution in [1.29, 1.82) is 0 Å². The molecule has 1 aliphatic heterocycles. The smallest absolute Gasteiger partial charge is 0.182 e. The molecule has 0 unspecified atom stereocenters. The molecule has 3 nitrogen and oxygen atoms in total. The Kier molecular flexibility index (Phi) is 5.57. The zero-order valence-corrected chi connectivity index (χ0v) is 11.6. The Hall–Kier alpha value is 0.880. The minimum Gasteiger partial charge on any atom is -0.309 e. The first kappa shape index (κ1) is 13.9. The molecule has 0 saturated heterocycles. The second-order valence-corrected chi connectivity index (χ2v) is 5.72. The molecule has 0 aromatic carbocycles. The van der Waals surface area contributed by atoms with Gasteiger partial charge in [-0.1, -0.05) is 69.6 Å². The summed E-state index contributed by atoms with van der Waals surface area (Å²) in [4.78, 5) is 6.83. The van der Waals surface area contributed by atoms with Crippen LogP contribution in [-0.4, -0.2) is 37.9 Å². The first-order chi connectivity index (χ1) is 6.93. The fourth-order valence-electron chi connectivity index (χ4n) is 0.892. The average molecular weight is 332 g/mol. The molecular formula is C6H5Cl6N3. The second-order valence-electron chi connectivity index (χ2n) is 2.48. The van der Waals surface area contributed by atoms with E-state index in [1.165, 1.54) is 4.90 Å². The number of amidine groups is 2.